The molecular formula is C8H13O2Rh-. The molecule has 0 spiro atoms. The summed E-state index contributed by atoms with van der Waals surface area (Å²) in [5, 5.41) is 0. The van der Waals surface area contributed by atoms with Gasteiger partial charge in [-0.15, -0.1) is 13.8 Å². The number of carbonyl (C=O) groups excluding carboxylic acids is 1. The number of esters is 1. The average molecular weight is 244 g/mol. The van der Waals surface area contributed by atoms with Gasteiger partial charge in [0.2, 0.25) is 0 Å². The number of hydrogen-bond donors (Lipinski definition) is 0. The molecule has 0 fully saturated rings. The first-order chi connectivity index (χ1) is 4.54. The molecule has 0 saturated heterocycles. The molecule has 0 heterocycles. The summed E-state index contributed by atoms with van der Waals surface area (Å²) < 4.78 is 4.64. The van der Waals surface area contributed by atoms with Gasteiger partial charge in [0.05, 0.1) is 0 Å². The zero-order valence-electron chi connectivity index (χ0n) is 7.23. The summed E-state index contributed by atoms with van der Waals surface area (Å²) in [7, 11) is 0. The van der Waals surface area contributed by atoms with Gasteiger partial charge in [-0.3, -0.25) is 4.79 Å². The van der Waals surface area contributed by atoms with Gasteiger partial charge >= 0.3 is 0 Å². The fraction of sp³-hybridized carbons (Fsp3) is 0.500. The first kappa shape index (κ1) is 13.3. The molecule has 0 atom stereocenters. The Balaban J connectivity index is 0. The Morgan fingerprint density at radius 2 is 1.64 bits per heavy atom. The minimum atomic E-state index is -0.277. The molecule has 0 aromatic carbocycles. The smallest absolute Gasteiger partial charge is 0.290 e. The number of rotatable bonds is 2. The van der Waals surface area contributed by atoms with Gasteiger partial charge in [0.25, 0.3) is 5.97 Å². The predicted molar refractivity (Wildman–Crippen MR) is 40.1 cm³/mol. The Bertz CT molecular complexity index is 157. The third-order valence-electron chi connectivity index (χ3n) is 1.19. The summed E-state index contributed by atoms with van der Waals surface area (Å²) in [5.74, 6) is -0.277. The minimum absolute atomic E-state index is 0. The standard InChI is InChI=1S/C8H13O2.Rh/c1-6(2)7(3)5-10-8(4)9;/h5H,1-4H3;/q-1;. The molecule has 0 amide bonds. The van der Waals surface area contributed by atoms with Crippen LogP contribution in [-0.4, -0.2) is 5.97 Å². The van der Waals surface area contributed by atoms with Crippen molar-refractivity contribution in [3.8, 4) is 0 Å². The number of ether oxygens (including phenoxy) is 1. The molecule has 0 aliphatic heterocycles. The minimum Gasteiger partial charge on any atom is -0.528 e. The van der Waals surface area contributed by atoms with Crippen LogP contribution < -0.4 is 0 Å². The first-order valence-electron chi connectivity index (χ1n) is 3.18. The zero-order valence-corrected chi connectivity index (χ0v) is 8.87. The van der Waals surface area contributed by atoms with Crippen LogP contribution in [0.4, 0.5) is 0 Å². The van der Waals surface area contributed by atoms with E-state index >= 15 is 0 Å². The van der Waals surface area contributed by atoms with Crippen LogP contribution >= 0.6 is 0 Å². The normalized spacial score (nSPS) is 7.64. The van der Waals surface area contributed by atoms with Crippen LogP contribution in [0.5, 0.6) is 0 Å². The number of hydrogen-bond acceptors (Lipinski definition) is 2. The van der Waals surface area contributed by atoms with Crippen LogP contribution in [0.15, 0.2) is 11.1 Å². The van der Waals surface area contributed by atoms with Crippen molar-refractivity contribution in [1.82, 2.24) is 0 Å². The largest absolute Gasteiger partial charge is 0.528 e. The molecule has 0 aliphatic rings. The van der Waals surface area contributed by atoms with Gasteiger partial charge < -0.3 is 4.74 Å². The molecule has 0 saturated carbocycles. The molecule has 0 N–H and O–H groups in total. The van der Waals surface area contributed by atoms with Crippen molar-refractivity contribution in [2.24, 2.45) is 0 Å². The van der Waals surface area contributed by atoms with Crippen molar-refractivity contribution < 1.29 is 29.0 Å². The van der Waals surface area contributed by atoms with Gasteiger partial charge in [0, 0.05) is 26.4 Å². The second kappa shape index (κ2) is 6.42. The van der Waals surface area contributed by atoms with Crippen molar-refractivity contribution in [1.29, 1.82) is 0 Å². The fourth-order valence-electron chi connectivity index (χ4n) is 0.289. The first-order valence-corrected chi connectivity index (χ1v) is 3.18. The Hall–Kier alpha value is -0.297. The molecule has 67 valence electrons. The van der Waals surface area contributed by atoms with Gasteiger partial charge in [0.15, 0.2) is 0 Å². The second-order valence-corrected chi connectivity index (χ2v) is 2.41. The maximum atomic E-state index is 10.3. The maximum Gasteiger partial charge on any atom is 0.290 e. The molecule has 0 aromatic heterocycles. The van der Waals surface area contributed by atoms with Crippen LogP contribution in [0, 0.1) is 6.61 Å². The summed E-state index contributed by atoms with van der Waals surface area (Å²) in [5.41, 5.74) is 2.15. The average Bonchev–Trinajstić information content (AvgIpc) is 1.82. The third kappa shape index (κ3) is 7.60. The van der Waals surface area contributed by atoms with Crippen molar-refractivity contribution in [2.75, 3.05) is 0 Å². The van der Waals surface area contributed by atoms with E-state index < -0.39 is 0 Å². The summed E-state index contributed by atoms with van der Waals surface area (Å²) in [6.07, 6.45) is 0. The van der Waals surface area contributed by atoms with Crippen LogP contribution in [0.25, 0.3) is 0 Å². The van der Waals surface area contributed by atoms with Crippen LogP contribution in [-0.2, 0) is 29.0 Å². The molecule has 3 heteroatoms. The van der Waals surface area contributed by atoms with Gasteiger partial charge in [-0.05, 0) is 0 Å². The van der Waals surface area contributed by atoms with Crippen molar-refractivity contribution in [3.63, 3.8) is 0 Å². The second-order valence-electron chi connectivity index (χ2n) is 2.41. The summed E-state index contributed by atoms with van der Waals surface area (Å²) in [6, 6.07) is 0. The summed E-state index contributed by atoms with van der Waals surface area (Å²) >= 11 is 0. The van der Waals surface area contributed by atoms with E-state index in [9.17, 15) is 4.79 Å². The number of carbonyl (C=O) groups is 1. The monoisotopic (exact) mass is 244 g/mol. The van der Waals surface area contributed by atoms with Crippen LogP contribution in [0.2, 0.25) is 0 Å². The fourth-order valence-corrected chi connectivity index (χ4v) is 0.289. The van der Waals surface area contributed by atoms with Gasteiger partial charge in [-0.25, -0.2) is 5.57 Å². The molecule has 0 unspecified atom stereocenters. The van der Waals surface area contributed by atoms with Crippen molar-refractivity contribution in [2.45, 2.75) is 27.7 Å². The third-order valence-corrected chi connectivity index (χ3v) is 1.19. The molecule has 0 rings (SSSR count). The predicted octanol–water partition coefficient (Wildman–Crippen LogP) is 2.07. The van der Waals surface area contributed by atoms with E-state index in [0.717, 1.165) is 11.1 Å². The van der Waals surface area contributed by atoms with E-state index in [-0.39, 0.29) is 25.4 Å². The molecule has 0 aromatic rings. The molecule has 0 bridgehead atoms. The topological polar surface area (TPSA) is 26.3 Å². The molecule has 1 radical (unpaired) electrons. The van der Waals surface area contributed by atoms with E-state index in [1.54, 1.807) is 0 Å². The van der Waals surface area contributed by atoms with E-state index in [4.69, 9.17) is 0 Å². The van der Waals surface area contributed by atoms with Crippen molar-refractivity contribution in [3.05, 3.63) is 17.8 Å². The Morgan fingerprint density at radius 3 is 1.91 bits per heavy atom. The van der Waals surface area contributed by atoms with Crippen LogP contribution in [0.1, 0.15) is 27.7 Å². The SMILES string of the molecule is CC(=O)O[CH-]C(C)=C(C)C.[Rh]. The molecule has 11 heavy (non-hydrogen) atoms. The zero-order chi connectivity index (χ0) is 8.15. The maximum absolute atomic E-state index is 10.3. The Labute approximate surface area is 80.8 Å². The molecular weight excluding hydrogens is 231 g/mol. The molecule has 0 aliphatic carbocycles. The van der Waals surface area contributed by atoms with E-state index in [1.165, 1.54) is 13.5 Å². The Morgan fingerprint density at radius 1 is 1.18 bits per heavy atom. The Kier molecular flexibility index (Phi) is 7.76. The van der Waals surface area contributed by atoms with Gasteiger partial charge in [0.1, 0.15) is 0 Å². The number of allylic oxidation sites excluding steroid dienone is 1. The van der Waals surface area contributed by atoms with Gasteiger partial charge in [-0.2, -0.15) is 5.57 Å². The molecule has 2 nitrogen and oxygen atoms in total. The van der Waals surface area contributed by atoms with E-state index in [0.29, 0.717) is 0 Å². The quantitative estimate of drug-likeness (QED) is 0.422. The van der Waals surface area contributed by atoms with Crippen LogP contribution in [0.3, 0.4) is 0 Å². The van der Waals surface area contributed by atoms with E-state index in [2.05, 4.69) is 4.74 Å². The van der Waals surface area contributed by atoms with Gasteiger partial charge in [-0.1, -0.05) is 13.5 Å². The van der Waals surface area contributed by atoms with Crippen molar-refractivity contribution >= 4 is 5.97 Å². The summed E-state index contributed by atoms with van der Waals surface area (Å²) in [4.78, 5) is 10.3. The summed E-state index contributed by atoms with van der Waals surface area (Å²) in [6.45, 7) is 8.69. The van der Waals surface area contributed by atoms with E-state index in [1.807, 2.05) is 20.8 Å².